The van der Waals surface area contributed by atoms with Gasteiger partial charge in [0.1, 0.15) is 0 Å². The van der Waals surface area contributed by atoms with Crippen LogP contribution >= 0.6 is 0 Å². The number of benzene rings is 1. The summed E-state index contributed by atoms with van der Waals surface area (Å²) in [6.07, 6.45) is 3.92. The summed E-state index contributed by atoms with van der Waals surface area (Å²) in [5.74, 6) is -2.15. The Labute approximate surface area is 148 Å². The average molecular weight is 346 g/mol. The summed E-state index contributed by atoms with van der Waals surface area (Å²) < 4.78 is 0. The van der Waals surface area contributed by atoms with Gasteiger partial charge in [0.15, 0.2) is 0 Å². The van der Waals surface area contributed by atoms with Crippen LogP contribution < -0.4 is 5.32 Å². The van der Waals surface area contributed by atoms with Gasteiger partial charge in [0.25, 0.3) is 0 Å². The van der Waals surface area contributed by atoms with Crippen LogP contribution in [0.5, 0.6) is 0 Å². The van der Waals surface area contributed by atoms with E-state index in [2.05, 4.69) is 5.32 Å². The van der Waals surface area contributed by atoms with Crippen LogP contribution in [-0.2, 0) is 20.8 Å². The van der Waals surface area contributed by atoms with Gasteiger partial charge >= 0.3 is 5.97 Å². The third-order valence-corrected chi connectivity index (χ3v) is 4.74. The highest BCUT2D eigenvalue weighted by molar-refractivity contribution is 5.95. The first-order chi connectivity index (χ1) is 11.9. The molecule has 0 spiro atoms. The number of carbonyl (C=O) groups excluding carboxylic acids is 2. The third kappa shape index (κ3) is 5.31. The molecule has 0 aliphatic heterocycles. The largest absolute Gasteiger partial charge is 0.481 e. The standard InChI is InChI=1S/C19H26N2O4/c1-21(2)17(22)11-10-13-6-5-7-14(12-13)20-18(23)15-8-3-4-9-16(15)19(24)25/h5-7,12,15-16H,3-4,8-11H2,1-2H3,(H,20,23)(H,24,25). The summed E-state index contributed by atoms with van der Waals surface area (Å²) in [5, 5.41) is 12.2. The molecule has 1 fully saturated rings. The topological polar surface area (TPSA) is 86.7 Å². The summed E-state index contributed by atoms with van der Waals surface area (Å²) in [7, 11) is 3.45. The fourth-order valence-electron chi connectivity index (χ4n) is 3.25. The van der Waals surface area contributed by atoms with E-state index in [1.165, 1.54) is 0 Å². The van der Waals surface area contributed by atoms with E-state index >= 15 is 0 Å². The molecule has 2 amide bonds. The summed E-state index contributed by atoms with van der Waals surface area (Å²) in [6.45, 7) is 0. The van der Waals surface area contributed by atoms with Crippen molar-refractivity contribution in [1.82, 2.24) is 4.90 Å². The number of anilines is 1. The predicted octanol–water partition coefficient (Wildman–Crippen LogP) is 2.54. The molecular weight excluding hydrogens is 320 g/mol. The highest BCUT2D eigenvalue weighted by atomic mass is 16.4. The maximum atomic E-state index is 12.5. The Morgan fingerprint density at radius 3 is 2.48 bits per heavy atom. The van der Waals surface area contributed by atoms with Gasteiger partial charge in [0.2, 0.25) is 11.8 Å². The fraction of sp³-hybridized carbons (Fsp3) is 0.526. The van der Waals surface area contributed by atoms with Crippen LogP contribution in [0.1, 0.15) is 37.7 Å². The lowest BCUT2D eigenvalue weighted by Gasteiger charge is -2.27. The van der Waals surface area contributed by atoms with Gasteiger partial charge in [0.05, 0.1) is 11.8 Å². The van der Waals surface area contributed by atoms with E-state index in [-0.39, 0.29) is 11.8 Å². The van der Waals surface area contributed by atoms with Crippen LogP contribution in [-0.4, -0.2) is 41.9 Å². The smallest absolute Gasteiger partial charge is 0.307 e. The van der Waals surface area contributed by atoms with E-state index in [0.717, 1.165) is 18.4 Å². The Morgan fingerprint density at radius 2 is 1.84 bits per heavy atom. The molecule has 0 bridgehead atoms. The Kier molecular flexibility index (Phi) is 6.56. The molecule has 2 unspecified atom stereocenters. The number of aliphatic carboxylic acids is 1. The van der Waals surface area contributed by atoms with Gasteiger partial charge < -0.3 is 15.3 Å². The molecule has 2 N–H and O–H groups in total. The van der Waals surface area contributed by atoms with Gasteiger partial charge in [0, 0.05) is 26.2 Å². The van der Waals surface area contributed by atoms with Crippen LogP contribution in [0.25, 0.3) is 0 Å². The molecule has 6 nitrogen and oxygen atoms in total. The number of nitrogens with zero attached hydrogens (tertiary/aromatic N) is 1. The molecule has 136 valence electrons. The van der Waals surface area contributed by atoms with Crippen molar-refractivity contribution in [3.63, 3.8) is 0 Å². The van der Waals surface area contributed by atoms with Crippen molar-refractivity contribution in [1.29, 1.82) is 0 Å². The Morgan fingerprint density at radius 1 is 1.16 bits per heavy atom. The zero-order chi connectivity index (χ0) is 18.4. The molecule has 1 aliphatic rings. The lowest BCUT2D eigenvalue weighted by Crippen LogP contribution is -2.36. The van der Waals surface area contributed by atoms with E-state index in [1.807, 2.05) is 18.2 Å². The number of hydrogen-bond acceptors (Lipinski definition) is 3. The molecule has 2 rings (SSSR count). The number of nitrogens with one attached hydrogen (secondary N) is 1. The van der Waals surface area contributed by atoms with Crippen molar-refractivity contribution in [2.75, 3.05) is 19.4 Å². The number of aryl methyl sites for hydroxylation is 1. The minimum Gasteiger partial charge on any atom is -0.481 e. The van der Waals surface area contributed by atoms with Gasteiger partial charge in [-0.1, -0.05) is 25.0 Å². The highest BCUT2D eigenvalue weighted by Gasteiger charge is 2.35. The van der Waals surface area contributed by atoms with E-state index in [0.29, 0.717) is 31.4 Å². The minimum absolute atomic E-state index is 0.0564. The molecule has 0 aromatic heterocycles. The van der Waals surface area contributed by atoms with Gasteiger partial charge in [-0.05, 0) is 37.0 Å². The molecule has 0 saturated heterocycles. The first-order valence-corrected chi connectivity index (χ1v) is 8.71. The highest BCUT2D eigenvalue weighted by Crippen LogP contribution is 2.31. The summed E-state index contributed by atoms with van der Waals surface area (Å²) in [4.78, 5) is 37.1. The average Bonchev–Trinajstić information content (AvgIpc) is 2.59. The summed E-state index contributed by atoms with van der Waals surface area (Å²) >= 11 is 0. The molecule has 0 heterocycles. The molecule has 2 atom stereocenters. The van der Waals surface area contributed by atoms with E-state index < -0.39 is 17.8 Å². The fourth-order valence-corrected chi connectivity index (χ4v) is 3.25. The SMILES string of the molecule is CN(C)C(=O)CCc1cccc(NC(=O)C2CCCCC2C(=O)O)c1. The molecule has 1 saturated carbocycles. The number of amides is 2. The summed E-state index contributed by atoms with van der Waals surface area (Å²) in [5.41, 5.74) is 1.61. The zero-order valence-electron chi connectivity index (χ0n) is 14.8. The van der Waals surface area contributed by atoms with Crippen molar-refractivity contribution in [2.45, 2.75) is 38.5 Å². The van der Waals surface area contributed by atoms with Crippen LogP contribution in [0, 0.1) is 11.8 Å². The first-order valence-electron chi connectivity index (χ1n) is 8.71. The lowest BCUT2D eigenvalue weighted by atomic mass is 9.78. The van der Waals surface area contributed by atoms with E-state index in [1.54, 1.807) is 25.1 Å². The lowest BCUT2D eigenvalue weighted by molar-refractivity contribution is -0.147. The molecule has 1 aliphatic carbocycles. The van der Waals surface area contributed by atoms with E-state index in [9.17, 15) is 19.5 Å². The quantitative estimate of drug-likeness (QED) is 0.829. The molecule has 6 heteroatoms. The van der Waals surface area contributed by atoms with Crippen LogP contribution in [0.4, 0.5) is 5.69 Å². The minimum atomic E-state index is -0.893. The monoisotopic (exact) mass is 346 g/mol. The molecule has 25 heavy (non-hydrogen) atoms. The maximum Gasteiger partial charge on any atom is 0.307 e. The number of rotatable bonds is 6. The predicted molar refractivity (Wildman–Crippen MR) is 95.2 cm³/mol. The Hall–Kier alpha value is -2.37. The normalized spacial score (nSPS) is 19.9. The van der Waals surface area contributed by atoms with Gasteiger partial charge in [-0.15, -0.1) is 0 Å². The van der Waals surface area contributed by atoms with Crippen molar-refractivity contribution in [3.05, 3.63) is 29.8 Å². The van der Waals surface area contributed by atoms with Crippen LogP contribution in [0.15, 0.2) is 24.3 Å². The second-order valence-electron chi connectivity index (χ2n) is 6.81. The van der Waals surface area contributed by atoms with Crippen molar-refractivity contribution < 1.29 is 19.5 Å². The molecular formula is C19H26N2O4. The first kappa shape index (κ1) is 19.0. The van der Waals surface area contributed by atoms with Gasteiger partial charge in [-0.3, -0.25) is 14.4 Å². The van der Waals surface area contributed by atoms with Crippen molar-refractivity contribution in [3.8, 4) is 0 Å². The number of carboxylic acids is 1. The molecule has 0 radical (unpaired) electrons. The number of carbonyl (C=O) groups is 3. The Balaban J connectivity index is 1.99. The van der Waals surface area contributed by atoms with Crippen LogP contribution in [0.2, 0.25) is 0 Å². The second-order valence-corrected chi connectivity index (χ2v) is 6.81. The third-order valence-electron chi connectivity index (χ3n) is 4.74. The number of hydrogen-bond donors (Lipinski definition) is 2. The Bertz CT molecular complexity index is 642. The van der Waals surface area contributed by atoms with E-state index in [4.69, 9.17) is 0 Å². The molecule has 1 aromatic carbocycles. The van der Waals surface area contributed by atoms with Gasteiger partial charge in [-0.25, -0.2) is 0 Å². The van der Waals surface area contributed by atoms with Crippen LogP contribution in [0.3, 0.4) is 0 Å². The molecule has 1 aromatic rings. The second kappa shape index (κ2) is 8.65. The maximum absolute atomic E-state index is 12.5. The van der Waals surface area contributed by atoms with Gasteiger partial charge in [-0.2, -0.15) is 0 Å². The summed E-state index contributed by atoms with van der Waals surface area (Å²) in [6, 6.07) is 7.38. The van der Waals surface area contributed by atoms with Crippen molar-refractivity contribution in [2.24, 2.45) is 11.8 Å². The van der Waals surface area contributed by atoms with Crippen molar-refractivity contribution >= 4 is 23.5 Å². The number of carboxylic acid groups (broad SMARTS) is 1. The zero-order valence-corrected chi connectivity index (χ0v) is 14.8.